The van der Waals surface area contributed by atoms with E-state index in [0.29, 0.717) is 27.8 Å². The van der Waals surface area contributed by atoms with Crippen molar-refractivity contribution >= 4 is 53.5 Å². The van der Waals surface area contributed by atoms with Crippen LogP contribution in [0.5, 0.6) is 5.75 Å². The largest absolute Gasteiger partial charge is 0.508 e. The third kappa shape index (κ3) is 9.28. The van der Waals surface area contributed by atoms with Gasteiger partial charge in [0, 0.05) is 27.8 Å². The van der Waals surface area contributed by atoms with Gasteiger partial charge in [-0.25, -0.2) is 0 Å². The van der Waals surface area contributed by atoms with Crippen LogP contribution in [0.3, 0.4) is 0 Å². The standard InChI is InChI=1S/C17H18N6.C16H16N4O/c18-15(19)12-5-3-10(4-6-12)1-2-11-7-13(16(20)21)9-14(8-11)17(22)23;17-15(18)12-5-3-10(4-6-12)1-2-11-7-13(16(19)20)9-14(21)8-11/h1-9H,(H3,18,19)(H3,20,21)(H3,22,23);1-9,21H,(H3,17,18)(H3,19,20). The van der Waals surface area contributed by atoms with Crippen LogP contribution in [0.4, 0.5) is 0 Å². The van der Waals surface area contributed by atoms with Crippen LogP contribution >= 0.6 is 0 Å². The van der Waals surface area contributed by atoms with Crippen molar-refractivity contribution in [2.24, 2.45) is 28.7 Å². The minimum atomic E-state index is -0.0913. The Labute approximate surface area is 254 Å². The van der Waals surface area contributed by atoms with E-state index in [9.17, 15) is 5.11 Å². The van der Waals surface area contributed by atoms with Gasteiger partial charge in [0.2, 0.25) is 0 Å². The Morgan fingerprint density at radius 2 is 0.682 bits per heavy atom. The van der Waals surface area contributed by atoms with Crippen molar-refractivity contribution in [1.82, 2.24) is 0 Å². The van der Waals surface area contributed by atoms with Crippen molar-refractivity contribution in [3.05, 3.63) is 135 Å². The highest BCUT2D eigenvalue weighted by Crippen LogP contribution is 2.18. The van der Waals surface area contributed by atoms with Crippen LogP contribution in [0, 0.1) is 27.0 Å². The lowest BCUT2D eigenvalue weighted by Gasteiger charge is -2.05. The summed E-state index contributed by atoms with van der Waals surface area (Å²) in [6.45, 7) is 0. The maximum atomic E-state index is 9.61. The van der Waals surface area contributed by atoms with Gasteiger partial charge in [0.1, 0.15) is 34.9 Å². The first kappa shape index (κ1) is 32.0. The number of phenols is 1. The summed E-state index contributed by atoms with van der Waals surface area (Å²) < 4.78 is 0. The van der Waals surface area contributed by atoms with Crippen LogP contribution in [0.1, 0.15) is 50.1 Å². The number of amidine groups is 5. The maximum absolute atomic E-state index is 9.61. The second-order valence-corrected chi connectivity index (χ2v) is 9.64. The normalized spacial score (nSPS) is 10.6. The molecule has 0 radical (unpaired) electrons. The molecule has 44 heavy (non-hydrogen) atoms. The van der Waals surface area contributed by atoms with Gasteiger partial charge in [-0.3, -0.25) is 27.0 Å². The molecule has 0 unspecified atom stereocenters. The number of nitrogen functional groups attached to an aromatic ring is 5. The van der Waals surface area contributed by atoms with Crippen molar-refractivity contribution in [2.75, 3.05) is 0 Å². The first-order valence-corrected chi connectivity index (χ1v) is 13.1. The molecule has 11 heteroatoms. The molecule has 222 valence electrons. The average molecular weight is 587 g/mol. The van der Waals surface area contributed by atoms with Crippen LogP contribution in [-0.2, 0) is 0 Å². The molecule has 4 rings (SSSR count). The fourth-order valence-electron chi connectivity index (χ4n) is 3.88. The van der Waals surface area contributed by atoms with Gasteiger partial charge in [0.05, 0.1) is 0 Å². The van der Waals surface area contributed by atoms with Gasteiger partial charge in [-0.2, -0.15) is 0 Å². The average Bonchev–Trinajstić information content (AvgIpc) is 2.99. The summed E-state index contributed by atoms with van der Waals surface area (Å²) in [5.41, 5.74) is 33.5. The van der Waals surface area contributed by atoms with Gasteiger partial charge in [-0.1, -0.05) is 72.8 Å². The minimum Gasteiger partial charge on any atom is -0.508 e. The third-order valence-corrected chi connectivity index (χ3v) is 6.21. The summed E-state index contributed by atoms with van der Waals surface area (Å²) in [6.07, 6.45) is 7.41. The number of aromatic hydroxyl groups is 1. The molecule has 0 saturated heterocycles. The molecule has 0 fully saturated rings. The fourth-order valence-corrected chi connectivity index (χ4v) is 3.88. The van der Waals surface area contributed by atoms with Crippen LogP contribution in [0.2, 0.25) is 0 Å². The Morgan fingerprint density at radius 3 is 1.02 bits per heavy atom. The predicted molar refractivity (Wildman–Crippen MR) is 180 cm³/mol. The molecule has 16 N–H and O–H groups in total. The zero-order valence-corrected chi connectivity index (χ0v) is 23.7. The Morgan fingerprint density at radius 1 is 0.386 bits per heavy atom. The highest BCUT2D eigenvalue weighted by Gasteiger charge is 2.05. The number of rotatable bonds is 9. The molecule has 0 amide bonds. The van der Waals surface area contributed by atoms with Gasteiger partial charge >= 0.3 is 0 Å². The van der Waals surface area contributed by atoms with Gasteiger partial charge in [-0.15, -0.1) is 0 Å². The van der Waals surface area contributed by atoms with Crippen molar-refractivity contribution in [3.63, 3.8) is 0 Å². The van der Waals surface area contributed by atoms with Crippen molar-refractivity contribution in [1.29, 1.82) is 27.0 Å². The molecule has 0 aliphatic rings. The highest BCUT2D eigenvalue weighted by molar-refractivity contribution is 6.01. The maximum Gasteiger partial charge on any atom is 0.122 e. The Kier molecular flexibility index (Phi) is 10.5. The molecular weight excluding hydrogens is 552 g/mol. The smallest absolute Gasteiger partial charge is 0.122 e. The second kappa shape index (κ2) is 14.4. The molecule has 0 aliphatic carbocycles. The van der Waals surface area contributed by atoms with E-state index < -0.39 is 0 Å². The van der Waals surface area contributed by atoms with Crippen LogP contribution in [0.25, 0.3) is 24.3 Å². The zero-order valence-electron chi connectivity index (χ0n) is 23.7. The molecule has 11 nitrogen and oxygen atoms in total. The third-order valence-electron chi connectivity index (χ3n) is 6.21. The number of phenolic OH excluding ortho intramolecular Hbond substituents is 1. The van der Waals surface area contributed by atoms with Crippen molar-refractivity contribution in [2.45, 2.75) is 0 Å². The lowest BCUT2D eigenvalue weighted by Crippen LogP contribution is -2.15. The van der Waals surface area contributed by atoms with Crippen LogP contribution < -0.4 is 28.7 Å². The minimum absolute atomic E-state index is 0.0285. The Hall–Kier alpha value is -6.49. The van der Waals surface area contributed by atoms with E-state index in [1.165, 1.54) is 6.07 Å². The summed E-state index contributed by atoms with van der Waals surface area (Å²) in [4.78, 5) is 0. The predicted octanol–water partition coefficient (Wildman–Crippen LogP) is 3.84. The van der Waals surface area contributed by atoms with E-state index >= 15 is 0 Å². The number of hydrogen-bond donors (Lipinski definition) is 11. The van der Waals surface area contributed by atoms with E-state index in [1.807, 2.05) is 48.6 Å². The molecule has 4 aromatic rings. The van der Waals surface area contributed by atoms with Gasteiger partial charge in [0.15, 0.2) is 0 Å². The molecule has 0 saturated carbocycles. The molecule has 0 heterocycles. The number of nitrogens with one attached hydrogen (secondary N) is 5. The molecule has 0 aliphatic heterocycles. The molecule has 0 bridgehead atoms. The summed E-state index contributed by atoms with van der Waals surface area (Å²) >= 11 is 0. The SMILES string of the molecule is N=C(N)c1ccc(C=Cc2cc(C(=N)N)cc(C(=N)N)c2)cc1.N=C(N)c1ccc(C=Cc2cc(O)cc(C(=N)N)c2)cc1. The van der Waals surface area contributed by atoms with Crippen LogP contribution in [-0.4, -0.2) is 34.3 Å². The first-order chi connectivity index (χ1) is 20.8. The summed E-state index contributed by atoms with van der Waals surface area (Å²) in [5, 5.41) is 46.8. The van der Waals surface area contributed by atoms with E-state index in [4.69, 9.17) is 55.7 Å². The highest BCUT2D eigenvalue weighted by atomic mass is 16.3. The van der Waals surface area contributed by atoms with Gasteiger partial charge in [-0.05, 0) is 58.7 Å². The number of nitrogens with two attached hydrogens (primary N) is 5. The molecular formula is C33H34N10O. The van der Waals surface area contributed by atoms with Crippen molar-refractivity contribution < 1.29 is 5.11 Å². The van der Waals surface area contributed by atoms with Crippen LogP contribution in [0.15, 0.2) is 84.9 Å². The van der Waals surface area contributed by atoms with E-state index in [0.717, 1.165) is 22.3 Å². The number of hydrogen-bond acceptors (Lipinski definition) is 6. The lowest BCUT2D eigenvalue weighted by molar-refractivity contribution is 0.475. The molecule has 0 atom stereocenters. The summed E-state index contributed by atoms with van der Waals surface area (Å²) in [7, 11) is 0. The van der Waals surface area contributed by atoms with Gasteiger partial charge < -0.3 is 33.8 Å². The molecule has 0 aromatic heterocycles. The molecule has 0 spiro atoms. The summed E-state index contributed by atoms with van der Waals surface area (Å²) in [6, 6.07) is 24.4. The summed E-state index contributed by atoms with van der Waals surface area (Å²) in [5.74, 6) is -0.117. The Balaban J connectivity index is 0.000000241. The van der Waals surface area contributed by atoms with E-state index in [2.05, 4.69) is 0 Å². The monoisotopic (exact) mass is 586 g/mol. The van der Waals surface area contributed by atoms with E-state index in [1.54, 1.807) is 54.6 Å². The second-order valence-electron chi connectivity index (χ2n) is 9.64. The topological polar surface area (TPSA) is 270 Å². The van der Waals surface area contributed by atoms with E-state index in [-0.39, 0.29) is 34.9 Å². The quantitative estimate of drug-likeness (QED) is 0.0787. The molecule has 4 aromatic carbocycles. The zero-order chi connectivity index (χ0) is 32.4. The number of benzene rings is 4. The Bertz CT molecular complexity index is 1750. The fraction of sp³-hybridized carbons (Fsp3) is 0. The first-order valence-electron chi connectivity index (χ1n) is 13.1. The van der Waals surface area contributed by atoms with Crippen molar-refractivity contribution in [3.8, 4) is 5.75 Å². The lowest BCUT2D eigenvalue weighted by atomic mass is 10.0. The van der Waals surface area contributed by atoms with Gasteiger partial charge in [0.25, 0.3) is 0 Å².